The van der Waals surface area contributed by atoms with Crippen molar-refractivity contribution in [3.8, 4) is 0 Å². The maximum absolute atomic E-state index is 11.2. The summed E-state index contributed by atoms with van der Waals surface area (Å²) in [6.07, 6.45) is 7.31. The summed E-state index contributed by atoms with van der Waals surface area (Å²) in [5, 5.41) is 3.48. The predicted octanol–water partition coefficient (Wildman–Crippen LogP) is 2.68. The monoisotopic (exact) mass is 216 g/mol. The van der Waals surface area contributed by atoms with Crippen LogP contribution in [-0.4, -0.2) is 17.8 Å². The van der Waals surface area contributed by atoms with Crippen molar-refractivity contribution in [2.75, 3.05) is 6.54 Å². The second kappa shape index (κ2) is 6.98. The van der Waals surface area contributed by atoms with Crippen LogP contribution in [0.5, 0.6) is 0 Å². The SMILES string of the molecule is CCCCNC(=O)NSC1CCCC1. The van der Waals surface area contributed by atoms with Crippen LogP contribution in [0.1, 0.15) is 45.4 Å². The Bertz CT molecular complexity index is 170. The van der Waals surface area contributed by atoms with Gasteiger partial charge in [0.25, 0.3) is 0 Å². The van der Waals surface area contributed by atoms with Gasteiger partial charge in [-0.1, -0.05) is 26.2 Å². The summed E-state index contributed by atoms with van der Waals surface area (Å²) in [5.74, 6) is 0. The topological polar surface area (TPSA) is 41.1 Å². The van der Waals surface area contributed by atoms with Crippen molar-refractivity contribution in [3.63, 3.8) is 0 Å². The Morgan fingerprint density at radius 3 is 2.79 bits per heavy atom. The third kappa shape index (κ3) is 4.74. The molecular formula is C10H20N2OS. The molecule has 0 radical (unpaired) electrons. The molecule has 82 valence electrons. The van der Waals surface area contributed by atoms with Crippen LogP contribution in [0, 0.1) is 0 Å². The molecule has 2 amide bonds. The first-order valence-corrected chi connectivity index (χ1v) is 6.40. The fourth-order valence-electron chi connectivity index (χ4n) is 1.56. The molecule has 0 bridgehead atoms. The lowest BCUT2D eigenvalue weighted by Gasteiger charge is -2.10. The van der Waals surface area contributed by atoms with E-state index in [-0.39, 0.29) is 6.03 Å². The molecule has 0 unspecified atom stereocenters. The van der Waals surface area contributed by atoms with Gasteiger partial charge in [-0.3, -0.25) is 4.72 Å². The molecule has 1 aliphatic rings. The average Bonchev–Trinajstić information content (AvgIpc) is 2.68. The zero-order valence-corrected chi connectivity index (χ0v) is 9.66. The largest absolute Gasteiger partial charge is 0.337 e. The minimum Gasteiger partial charge on any atom is -0.337 e. The smallest absolute Gasteiger partial charge is 0.324 e. The molecule has 0 aromatic carbocycles. The van der Waals surface area contributed by atoms with Crippen LogP contribution in [0.3, 0.4) is 0 Å². The van der Waals surface area contributed by atoms with Gasteiger partial charge in [0, 0.05) is 11.8 Å². The van der Waals surface area contributed by atoms with Gasteiger partial charge in [0.1, 0.15) is 0 Å². The highest BCUT2D eigenvalue weighted by Crippen LogP contribution is 2.27. The van der Waals surface area contributed by atoms with E-state index >= 15 is 0 Å². The molecule has 0 spiro atoms. The van der Waals surface area contributed by atoms with Crippen molar-refractivity contribution < 1.29 is 4.79 Å². The van der Waals surface area contributed by atoms with E-state index in [1.54, 1.807) is 11.9 Å². The summed E-state index contributed by atoms with van der Waals surface area (Å²) >= 11 is 1.59. The number of hydrogen-bond acceptors (Lipinski definition) is 2. The Kier molecular flexibility index (Phi) is 5.83. The predicted molar refractivity (Wildman–Crippen MR) is 61.3 cm³/mol. The Hall–Kier alpha value is -0.380. The molecule has 3 nitrogen and oxygen atoms in total. The van der Waals surface area contributed by atoms with E-state index in [0.717, 1.165) is 19.4 Å². The van der Waals surface area contributed by atoms with Gasteiger partial charge in [0.2, 0.25) is 0 Å². The fourth-order valence-corrected chi connectivity index (χ4v) is 2.47. The quantitative estimate of drug-likeness (QED) is 0.548. The molecule has 0 aromatic heterocycles. The number of unbranched alkanes of at least 4 members (excludes halogenated alkanes) is 1. The van der Waals surface area contributed by atoms with Crippen LogP contribution in [0.4, 0.5) is 4.79 Å². The van der Waals surface area contributed by atoms with Crippen molar-refractivity contribution >= 4 is 18.0 Å². The second-order valence-corrected chi connectivity index (χ2v) is 4.84. The van der Waals surface area contributed by atoms with E-state index in [0.29, 0.717) is 5.25 Å². The van der Waals surface area contributed by atoms with Crippen LogP contribution in [0.15, 0.2) is 0 Å². The summed E-state index contributed by atoms with van der Waals surface area (Å²) in [7, 11) is 0. The van der Waals surface area contributed by atoms with Crippen molar-refractivity contribution in [3.05, 3.63) is 0 Å². The van der Waals surface area contributed by atoms with Crippen LogP contribution in [0.25, 0.3) is 0 Å². The number of amides is 2. The van der Waals surface area contributed by atoms with Gasteiger partial charge in [-0.2, -0.15) is 0 Å². The lowest BCUT2D eigenvalue weighted by Crippen LogP contribution is -2.33. The first-order valence-electron chi connectivity index (χ1n) is 5.52. The average molecular weight is 216 g/mol. The lowest BCUT2D eigenvalue weighted by molar-refractivity contribution is 0.246. The van der Waals surface area contributed by atoms with Crippen LogP contribution in [-0.2, 0) is 0 Å². The van der Waals surface area contributed by atoms with Crippen LogP contribution >= 0.6 is 11.9 Å². The van der Waals surface area contributed by atoms with E-state index in [2.05, 4.69) is 17.0 Å². The maximum atomic E-state index is 11.2. The third-order valence-corrected chi connectivity index (χ3v) is 3.54. The molecule has 0 aliphatic heterocycles. The van der Waals surface area contributed by atoms with Gasteiger partial charge in [-0.15, -0.1) is 0 Å². The second-order valence-electron chi connectivity index (χ2n) is 3.74. The minimum absolute atomic E-state index is 0.0321. The van der Waals surface area contributed by atoms with Crippen LogP contribution < -0.4 is 10.0 Å². The molecule has 1 aliphatic carbocycles. The molecular weight excluding hydrogens is 196 g/mol. The molecule has 0 saturated heterocycles. The standard InChI is InChI=1S/C10H20N2OS/c1-2-3-8-11-10(13)12-14-9-6-4-5-7-9/h9H,2-8H2,1H3,(H2,11,12,13). The van der Waals surface area contributed by atoms with Gasteiger partial charge in [-0.05, 0) is 31.2 Å². The normalized spacial score (nSPS) is 16.9. The Morgan fingerprint density at radius 2 is 2.14 bits per heavy atom. The van der Waals surface area contributed by atoms with Crippen molar-refractivity contribution in [2.45, 2.75) is 50.7 Å². The third-order valence-electron chi connectivity index (χ3n) is 2.44. The summed E-state index contributed by atoms with van der Waals surface area (Å²) in [6, 6.07) is -0.0321. The van der Waals surface area contributed by atoms with E-state index in [1.807, 2.05) is 0 Å². The molecule has 1 fully saturated rings. The highest BCUT2D eigenvalue weighted by molar-refractivity contribution is 7.98. The first-order chi connectivity index (χ1) is 6.83. The Balaban J connectivity index is 1.96. The van der Waals surface area contributed by atoms with E-state index < -0.39 is 0 Å². The molecule has 2 N–H and O–H groups in total. The number of rotatable bonds is 5. The van der Waals surface area contributed by atoms with Crippen molar-refractivity contribution in [1.82, 2.24) is 10.0 Å². The summed E-state index contributed by atoms with van der Waals surface area (Å²) < 4.78 is 2.85. The molecule has 14 heavy (non-hydrogen) atoms. The van der Waals surface area contributed by atoms with Crippen molar-refractivity contribution in [2.24, 2.45) is 0 Å². The summed E-state index contributed by atoms with van der Waals surface area (Å²) in [4.78, 5) is 11.2. The molecule has 1 saturated carbocycles. The molecule has 0 heterocycles. The molecule has 4 heteroatoms. The minimum atomic E-state index is -0.0321. The molecule has 1 rings (SSSR count). The number of carbonyl (C=O) groups is 1. The Morgan fingerprint density at radius 1 is 1.43 bits per heavy atom. The van der Waals surface area contributed by atoms with E-state index in [4.69, 9.17) is 0 Å². The molecule has 0 atom stereocenters. The number of nitrogens with one attached hydrogen (secondary N) is 2. The van der Waals surface area contributed by atoms with Gasteiger partial charge in [0.15, 0.2) is 0 Å². The van der Waals surface area contributed by atoms with E-state index in [9.17, 15) is 4.79 Å². The van der Waals surface area contributed by atoms with Gasteiger partial charge < -0.3 is 5.32 Å². The number of hydrogen-bond donors (Lipinski definition) is 2. The van der Waals surface area contributed by atoms with E-state index in [1.165, 1.54) is 25.7 Å². The highest BCUT2D eigenvalue weighted by atomic mass is 32.2. The van der Waals surface area contributed by atoms with Crippen molar-refractivity contribution in [1.29, 1.82) is 0 Å². The summed E-state index contributed by atoms with van der Waals surface area (Å²) in [5.41, 5.74) is 0. The fraction of sp³-hybridized carbons (Fsp3) is 0.900. The van der Waals surface area contributed by atoms with Gasteiger partial charge >= 0.3 is 6.03 Å². The zero-order valence-electron chi connectivity index (χ0n) is 8.84. The first kappa shape index (κ1) is 11.7. The van der Waals surface area contributed by atoms with Crippen LogP contribution in [0.2, 0.25) is 0 Å². The highest BCUT2D eigenvalue weighted by Gasteiger charge is 2.16. The lowest BCUT2D eigenvalue weighted by atomic mass is 10.3. The molecule has 0 aromatic rings. The van der Waals surface area contributed by atoms with Gasteiger partial charge in [0.05, 0.1) is 0 Å². The maximum Gasteiger partial charge on any atom is 0.324 e. The summed E-state index contributed by atoms with van der Waals surface area (Å²) in [6.45, 7) is 2.90. The number of urea groups is 1. The van der Waals surface area contributed by atoms with Gasteiger partial charge in [-0.25, -0.2) is 4.79 Å². The Labute approximate surface area is 90.5 Å². The number of carbonyl (C=O) groups excluding carboxylic acids is 1. The zero-order chi connectivity index (χ0) is 10.2.